The van der Waals surface area contributed by atoms with Crippen LogP contribution in [0.4, 0.5) is 0 Å². The highest BCUT2D eigenvalue weighted by Crippen LogP contribution is 2.68. The van der Waals surface area contributed by atoms with Crippen LogP contribution >= 0.6 is 0 Å². The molecular formula is C31H57NO. The number of rotatable bonds is 11. The number of nitrogens with one attached hydrogen (secondary N) is 1. The molecule has 0 heterocycles. The van der Waals surface area contributed by atoms with Gasteiger partial charge in [-0.05, 0) is 130 Å². The summed E-state index contributed by atoms with van der Waals surface area (Å²) in [6, 6.07) is 0.783. The van der Waals surface area contributed by atoms with Crippen molar-refractivity contribution in [1.82, 2.24) is 5.32 Å². The Bertz CT molecular complexity index is 606. The predicted molar refractivity (Wildman–Crippen MR) is 141 cm³/mol. The first-order valence-corrected chi connectivity index (χ1v) is 15.2. The van der Waals surface area contributed by atoms with E-state index in [1.807, 2.05) is 0 Å². The van der Waals surface area contributed by atoms with Gasteiger partial charge in [-0.3, -0.25) is 0 Å². The van der Waals surface area contributed by atoms with Gasteiger partial charge in [0.25, 0.3) is 0 Å². The van der Waals surface area contributed by atoms with Crippen LogP contribution in [0.1, 0.15) is 124 Å². The summed E-state index contributed by atoms with van der Waals surface area (Å²) >= 11 is 0. The second-order valence-corrected chi connectivity index (χ2v) is 13.4. The molecule has 4 saturated carbocycles. The number of unbranched alkanes of at least 4 members (excludes halogenated alkanes) is 3. The van der Waals surface area contributed by atoms with Gasteiger partial charge in [0, 0.05) is 19.3 Å². The van der Waals surface area contributed by atoms with Crippen LogP contribution in [0, 0.1) is 46.3 Å². The highest BCUT2D eigenvalue weighted by atomic mass is 16.5. The molecule has 0 aliphatic heterocycles. The summed E-state index contributed by atoms with van der Waals surface area (Å²) in [6.45, 7) is 12.3. The zero-order valence-corrected chi connectivity index (χ0v) is 23.0. The van der Waals surface area contributed by atoms with Crippen molar-refractivity contribution in [3.63, 3.8) is 0 Å². The van der Waals surface area contributed by atoms with Crippen molar-refractivity contribution >= 4 is 0 Å². The zero-order valence-electron chi connectivity index (χ0n) is 23.0. The van der Waals surface area contributed by atoms with Crippen molar-refractivity contribution in [2.24, 2.45) is 46.3 Å². The maximum absolute atomic E-state index is 5.97. The Morgan fingerprint density at radius 3 is 2.39 bits per heavy atom. The van der Waals surface area contributed by atoms with Gasteiger partial charge in [0.1, 0.15) is 0 Å². The van der Waals surface area contributed by atoms with Crippen molar-refractivity contribution in [2.75, 3.05) is 20.3 Å². The lowest BCUT2D eigenvalue weighted by molar-refractivity contribution is -0.117. The van der Waals surface area contributed by atoms with E-state index in [1.165, 1.54) is 96.3 Å². The van der Waals surface area contributed by atoms with Crippen molar-refractivity contribution in [2.45, 2.75) is 130 Å². The first-order valence-electron chi connectivity index (χ1n) is 15.2. The molecular weight excluding hydrogens is 402 g/mol. The molecule has 0 aromatic heterocycles. The van der Waals surface area contributed by atoms with Crippen molar-refractivity contribution < 1.29 is 4.74 Å². The Labute approximate surface area is 206 Å². The fraction of sp³-hybridized carbons (Fsp3) is 1.00. The zero-order chi connectivity index (χ0) is 23.5. The van der Waals surface area contributed by atoms with E-state index < -0.39 is 0 Å². The van der Waals surface area contributed by atoms with E-state index in [4.69, 9.17) is 4.74 Å². The van der Waals surface area contributed by atoms with Gasteiger partial charge >= 0.3 is 0 Å². The highest BCUT2D eigenvalue weighted by Gasteiger charge is 2.60. The lowest BCUT2D eigenvalue weighted by Crippen LogP contribution is -2.55. The Hall–Kier alpha value is -0.0800. The summed E-state index contributed by atoms with van der Waals surface area (Å²) < 4.78 is 5.97. The molecule has 33 heavy (non-hydrogen) atoms. The Balaban J connectivity index is 1.29. The van der Waals surface area contributed by atoms with Crippen LogP contribution in [-0.4, -0.2) is 26.3 Å². The molecule has 0 amide bonds. The number of fused-ring (bicyclic) bond motifs is 5. The van der Waals surface area contributed by atoms with Crippen molar-refractivity contribution in [3.8, 4) is 0 Å². The van der Waals surface area contributed by atoms with Crippen LogP contribution in [-0.2, 0) is 4.74 Å². The summed E-state index contributed by atoms with van der Waals surface area (Å²) in [5.74, 6) is 5.87. The Morgan fingerprint density at radius 2 is 1.61 bits per heavy atom. The Morgan fingerprint density at radius 1 is 0.848 bits per heavy atom. The van der Waals surface area contributed by atoms with Gasteiger partial charge < -0.3 is 10.1 Å². The average molecular weight is 460 g/mol. The van der Waals surface area contributed by atoms with E-state index in [9.17, 15) is 0 Å². The fourth-order valence-corrected chi connectivity index (χ4v) is 9.94. The van der Waals surface area contributed by atoms with Crippen LogP contribution < -0.4 is 5.32 Å². The summed E-state index contributed by atoms with van der Waals surface area (Å²) in [6.07, 6.45) is 21.4. The van der Waals surface area contributed by atoms with Gasteiger partial charge in [0.05, 0.1) is 0 Å². The standard InChI is InChI=1S/C31H57NO/c1-6-7-8-9-20-33-21-10-11-23(2)27-14-15-28-26-13-12-24-22-25(32-5)16-18-30(24,3)29(26)17-19-31(27,28)4/h23-29,32H,6-22H2,1-5H3/t23?,24-,25+,26+,27-,28+,29+,30+,31-/m1/s1. The summed E-state index contributed by atoms with van der Waals surface area (Å²) in [4.78, 5) is 0. The molecule has 1 N–H and O–H groups in total. The quantitative estimate of drug-likeness (QED) is 0.314. The molecule has 4 aliphatic rings. The normalized spacial score (nSPS) is 43.5. The fourth-order valence-electron chi connectivity index (χ4n) is 9.94. The van der Waals surface area contributed by atoms with Gasteiger partial charge in [0.15, 0.2) is 0 Å². The summed E-state index contributed by atoms with van der Waals surface area (Å²) in [5, 5.41) is 3.61. The van der Waals surface area contributed by atoms with E-state index in [0.29, 0.717) is 10.8 Å². The number of hydrogen-bond donors (Lipinski definition) is 1. The molecule has 0 saturated heterocycles. The molecule has 4 aliphatic carbocycles. The minimum Gasteiger partial charge on any atom is -0.381 e. The summed E-state index contributed by atoms with van der Waals surface area (Å²) in [5.41, 5.74) is 1.25. The second kappa shape index (κ2) is 11.3. The molecule has 2 nitrogen and oxygen atoms in total. The van der Waals surface area contributed by atoms with E-state index >= 15 is 0 Å². The van der Waals surface area contributed by atoms with Crippen LogP contribution in [0.15, 0.2) is 0 Å². The second-order valence-electron chi connectivity index (χ2n) is 13.4. The highest BCUT2D eigenvalue weighted by molar-refractivity contribution is 5.10. The molecule has 4 fully saturated rings. The number of ether oxygens (including phenoxy) is 1. The van der Waals surface area contributed by atoms with Crippen LogP contribution in [0.25, 0.3) is 0 Å². The van der Waals surface area contributed by atoms with Crippen LogP contribution in [0.2, 0.25) is 0 Å². The first-order chi connectivity index (χ1) is 15.9. The largest absolute Gasteiger partial charge is 0.381 e. The van der Waals surface area contributed by atoms with Crippen LogP contribution in [0.5, 0.6) is 0 Å². The lowest BCUT2D eigenvalue weighted by Gasteiger charge is -2.61. The Kier molecular flexibility index (Phi) is 8.92. The lowest BCUT2D eigenvalue weighted by atomic mass is 9.44. The average Bonchev–Trinajstić information content (AvgIpc) is 3.17. The van der Waals surface area contributed by atoms with Crippen molar-refractivity contribution in [1.29, 1.82) is 0 Å². The molecule has 192 valence electrons. The maximum atomic E-state index is 5.97. The molecule has 9 atom stereocenters. The summed E-state index contributed by atoms with van der Waals surface area (Å²) in [7, 11) is 2.19. The molecule has 0 radical (unpaired) electrons. The smallest absolute Gasteiger partial charge is 0.0466 e. The third-order valence-corrected chi connectivity index (χ3v) is 11.9. The first kappa shape index (κ1) is 26.0. The van der Waals surface area contributed by atoms with Gasteiger partial charge in [0.2, 0.25) is 0 Å². The van der Waals surface area contributed by atoms with E-state index in [2.05, 4.69) is 40.1 Å². The minimum absolute atomic E-state index is 0.618. The molecule has 0 spiro atoms. The molecule has 0 bridgehead atoms. The number of hydrogen-bond acceptors (Lipinski definition) is 2. The molecule has 0 aromatic rings. The molecule has 4 rings (SSSR count). The SMILES string of the molecule is CCCCCCOCCCC(C)[C@H]1CC[C@H]2[C@@H]3CC[C@@H]4C[C@@H](NC)CC[C@]4(C)[C@H]3CC[C@]12C. The third kappa shape index (κ3) is 5.23. The molecule has 0 aromatic carbocycles. The van der Waals surface area contributed by atoms with E-state index in [0.717, 1.165) is 54.8 Å². The van der Waals surface area contributed by atoms with Crippen molar-refractivity contribution in [3.05, 3.63) is 0 Å². The maximum Gasteiger partial charge on any atom is 0.0466 e. The van der Waals surface area contributed by atoms with Crippen LogP contribution in [0.3, 0.4) is 0 Å². The third-order valence-electron chi connectivity index (χ3n) is 11.9. The molecule has 2 heteroatoms. The van der Waals surface area contributed by atoms with Gasteiger partial charge in [-0.1, -0.05) is 47.0 Å². The predicted octanol–water partition coefficient (Wildman–Crippen LogP) is 8.25. The van der Waals surface area contributed by atoms with Gasteiger partial charge in [-0.25, -0.2) is 0 Å². The molecule has 1 unspecified atom stereocenters. The monoisotopic (exact) mass is 459 g/mol. The van der Waals surface area contributed by atoms with E-state index in [-0.39, 0.29) is 0 Å². The van der Waals surface area contributed by atoms with Gasteiger partial charge in [-0.15, -0.1) is 0 Å². The topological polar surface area (TPSA) is 21.3 Å². The minimum atomic E-state index is 0.618. The van der Waals surface area contributed by atoms with Gasteiger partial charge in [-0.2, -0.15) is 0 Å². The van der Waals surface area contributed by atoms with E-state index in [1.54, 1.807) is 0 Å².